The summed E-state index contributed by atoms with van der Waals surface area (Å²) in [6.45, 7) is 1.84. The molecule has 0 aliphatic rings. The third-order valence-electron chi connectivity index (χ3n) is 2.57. The SMILES string of the molecule is Cc1ccc(C(=O)c2cc(F)c(F)cc2F)cc1. The van der Waals surface area contributed by atoms with Crippen LogP contribution in [-0.4, -0.2) is 5.78 Å². The normalized spacial score (nSPS) is 10.4. The lowest BCUT2D eigenvalue weighted by molar-refractivity contribution is 0.103. The van der Waals surface area contributed by atoms with Crippen LogP contribution in [0.4, 0.5) is 13.2 Å². The molecular formula is C14H9F3O. The minimum atomic E-state index is -1.31. The Morgan fingerprint density at radius 3 is 2.06 bits per heavy atom. The van der Waals surface area contributed by atoms with Crippen LogP contribution in [0.5, 0.6) is 0 Å². The zero-order valence-electron chi connectivity index (χ0n) is 9.51. The van der Waals surface area contributed by atoms with Gasteiger partial charge in [-0.3, -0.25) is 4.79 Å². The van der Waals surface area contributed by atoms with Gasteiger partial charge in [-0.05, 0) is 13.0 Å². The van der Waals surface area contributed by atoms with Gasteiger partial charge in [0, 0.05) is 11.6 Å². The van der Waals surface area contributed by atoms with E-state index < -0.39 is 28.8 Å². The van der Waals surface area contributed by atoms with Crippen LogP contribution in [0.1, 0.15) is 21.5 Å². The fourth-order valence-corrected chi connectivity index (χ4v) is 1.56. The lowest BCUT2D eigenvalue weighted by Gasteiger charge is -2.04. The van der Waals surface area contributed by atoms with Crippen LogP contribution in [0.25, 0.3) is 0 Å². The Balaban J connectivity index is 2.46. The molecule has 0 spiro atoms. The van der Waals surface area contributed by atoms with E-state index >= 15 is 0 Å². The standard InChI is InChI=1S/C14H9F3O/c1-8-2-4-9(5-3-8)14(18)10-6-12(16)13(17)7-11(10)15/h2-7H,1H3. The molecule has 18 heavy (non-hydrogen) atoms. The van der Waals surface area contributed by atoms with Crippen molar-refractivity contribution in [1.82, 2.24) is 0 Å². The summed E-state index contributed by atoms with van der Waals surface area (Å²) >= 11 is 0. The van der Waals surface area contributed by atoms with Gasteiger partial charge in [0.05, 0.1) is 5.56 Å². The topological polar surface area (TPSA) is 17.1 Å². The van der Waals surface area contributed by atoms with Gasteiger partial charge in [0.1, 0.15) is 5.82 Å². The van der Waals surface area contributed by atoms with Gasteiger partial charge < -0.3 is 0 Å². The third kappa shape index (κ3) is 2.27. The molecule has 0 saturated heterocycles. The minimum Gasteiger partial charge on any atom is -0.288 e. The molecule has 0 fully saturated rings. The van der Waals surface area contributed by atoms with Gasteiger partial charge >= 0.3 is 0 Å². The molecule has 0 bridgehead atoms. The van der Waals surface area contributed by atoms with Crippen LogP contribution in [0, 0.1) is 24.4 Å². The highest BCUT2D eigenvalue weighted by Gasteiger charge is 2.17. The van der Waals surface area contributed by atoms with Crippen molar-refractivity contribution in [2.45, 2.75) is 6.92 Å². The number of hydrogen-bond donors (Lipinski definition) is 0. The summed E-state index contributed by atoms with van der Waals surface area (Å²) < 4.78 is 39.2. The highest BCUT2D eigenvalue weighted by molar-refractivity contribution is 6.09. The van der Waals surface area contributed by atoms with Crippen molar-refractivity contribution in [2.75, 3.05) is 0 Å². The molecule has 0 N–H and O–H groups in total. The van der Waals surface area contributed by atoms with Gasteiger partial charge in [-0.2, -0.15) is 0 Å². The van der Waals surface area contributed by atoms with Crippen LogP contribution >= 0.6 is 0 Å². The van der Waals surface area contributed by atoms with Crippen LogP contribution in [0.15, 0.2) is 36.4 Å². The molecule has 0 radical (unpaired) electrons. The van der Waals surface area contributed by atoms with Gasteiger partial charge in [-0.25, -0.2) is 13.2 Å². The highest BCUT2D eigenvalue weighted by atomic mass is 19.2. The first-order chi connectivity index (χ1) is 8.49. The summed E-state index contributed by atoms with van der Waals surface area (Å²) in [5.41, 5.74) is 0.695. The predicted molar refractivity (Wildman–Crippen MR) is 60.9 cm³/mol. The van der Waals surface area contributed by atoms with Crippen LogP contribution in [0.2, 0.25) is 0 Å². The first kappa shape index (κ1) is 12.4. The number of rotatable bonds is 2. The van der Waals surface area contributed by atoms with Crippen LogP contribution in [-0.2, 0) is 0 Å². The van der Waals surface area contributed by atoms with E-state index in [1.165, 1.54) is 12.1 Å². The average Bonchev–Trinajstić information content (AvgIpc) is 2.34. The first-order valence-electron chi connectivity index (χ1n) is 5.25. The molecule has 92 valence electrons. The quantitative estimate of drug-likeness (QED) is 0.587. The summed E-state index contributed by atoms with van der Waals surface area (Å²) in [7, 11) is 0. The number of hydrogen-bond acceptors (Lipinski definition) is 1. The maximum Gasteiger partial charge on any atom is 0.196 e. The summed E-state index contributed by atoms with van der Waals surface area (Å²) in [5, 5.41) is 0. The van der Waals surface area contributed by atoms with Crippen LogP contribution < -0.4 is 0 Å². The monoisotopic (exact) mass is 250 g/mol. The van der Waals surface area contributed by atoms with Gasteiger partial charge in [0.25, 0.3) is 0 Å². The molecule has 1 nitrogen and oxygen atoms in total. The maximum atomic E-state index is 13.4. The molecule has 0 aliphatic carbocycles. The Morgan fingerprint density at radius 2 is 1.44 bits per heavy atom. The third-order valence-corrected chi connectivity index (χ3v) is 2.57. The molecule has 0 aliphatic heterocycles. The summed E-state index contributed by atoms with van der Waals surface area (Å²) in [4.78, 5) is 11.9. The lowest BCUT2D eigenvalue weighted by atomic mass is 10.0. The Hall–Kier alpha value is -2.10. The van der Waals surface area contributed by atoms with E-state index in [2.05, 4.69) is 0 Å². The molecule has 0 saturated carbocycles. The predicted octanol–water partition coefficient (Wildman–Crippen LogP) is 3.64. The van der Waals surface area contributed by atoms with Crippen molar-refractivity contribution in [3.8, 4) is 0 Å². The number of ketones is 1. The van der Waals surface area contributed by atoms with Crippen LogP contribution in [0.3, 0.4) is 0 Å². The molecule has 0 unspecified atom stereocenters. The van der Waals surface area contributed by atoms with Crippen molar-refractivity contribution < 1.29 is 18.0 Å². The Kier molecular flexibility index (Phi) is 3.19. The van der Waals surface area contributed by atoms with E-state index in [1.807, 2.05) is 6.92 Å². The summed E-state index contributed by atoms with van der Waals surface area (Å²) in [5.74, 6) is -4.30. The molecule has 0 aromatic heterocycles. The Bertz CT molecular complexity index is 603. The van der Waals surface area contributed by atoms with Crippen molar-refractivity contribution in [3.63, 3.8) is 0 Å². The minimum absolute atomic E-state index is 0.227. The second kappa shape index (κ2) is 4.64. The fraction of sp³-hybridized carbons (Fsp3) is 0.0714. The second-order valence-electron chi connectivity index (χ2n) is 3.94. The zero-order chi connectivity index (χ0) is 13.3. The summed E-state index contributed by atoms with van der Waals surface area (Å²) in [6.07, 6.45) is 0. The first-order valence-corrected chi connectivity index (χ1v) is 5.25. The number of carbonyl (C=O) groups is 1. The molecule has 0 heterocycles. The second-order valence-corrected chi connectivity index (χ2v) is 3.94. The number of benzene rings is 2. The number of carbonyl (C=O) groups excluding carboxylic acids is 1. The Morgan fingerprint density at radius 1 is 0.889 bits per heavy atom. The van der Waals surface area contributed by atoms with Gasteiger partial charge in [0.2, 0.25) is 0 Å². The lowest BCUT2D eigenvalue weighted by Crippen LogP contribution is -2.06. The van der Waals surface area contributed by atoms with E-state index in [1.54, 1.807) is 12.1 Å². The summed E-state index contributed by atoms with van der Waals surface area (Å²) in [6, 6.07) is 7.34. The fourth-order valence-electron chi connectivity index (χ4n) is 1.56. The molecule has 4 heteroatoms. The smallest absolute Gasteiger partial charge is 0.196 e. The molecular weight excluding hydrogens is 241 g/mol. The van der Waals surface area contributed by atoms with E-state index in [9.17, 15) is 18.0 Å². The molecule has 2 aromatic rings. The van der Waals surface area contributed by atoms with E-state index in [0.29, 0.717) is 12.1 Å². The number of halogens is 3. The largest absolute Gasteiger partial charge is 0.288 e. The molecule has 0 atom stereocenters. The van der Waals surface area contributed by atoms with Gasteiger partial charge in [-0.15, -0.1) is 0 Å². The number of aryl methyl sites for hydroxylation is 1. The average molecular weight is 250 g/mol. The van der Waals surface area contributed by atoms with E-state index in [-0.39, 0.29) is 5.56 Å². The highest BCUT2D eigenvalue weighted by Crippen LogP contribution is 2.17. The maximum absolute atomic E-state index is 13.4. The van der Waals surface area contributed by atoms with Crippen molar-refractivity contribution >= 4 is 5.78 Å². The van der Waals surface area contributed by atoms with Gasteiger partial charge in [0.15, 0.2) is 17.4 Å². The molecule has 2 rings (SSSR count). The van der Waals surface area contributed by atoms with Crippen molar-refractivity contribution in [1.29, 1.82) is 0 Å². The van der Waals surface area contributed by atoms with Crippen molar-refractivity contribution in [3.05, 3.63) is 70.5 Å². The van der Waals surface area contributed by atoms with Crippen molar-refractivity contribution in [2.24, 2.45) is 0 Å². The van der Waals surface area contributed by atoms with E-state index in [4.69, 9.17) is 0 Å². The van der Waals surface area contributed by atoms with Gasteiger partial charge in [-0.1, -0.05) is 29.8 Å². The van der Waals surface area contributed by atoms with E-state index in [0.717, 1.165) is 5.56 Å². The molecule has 0 amide bonds. The zero-order valence-corrected chi connectivity index (χ0v) is 9.51. The Labute approximate surface area is 102 Å². The molecule has 2 aromatic carbocycles.